The van der Waals surface area contributed by atoms with Gasteiger partial charge in [-0.3, -0.25) is 4.90 Å². The number of hydrogen-bond acceptors (Lipinski definition) is 3. The average molecular weight is 281 g/mol. The number of carbonyl (C=O) groups is 1. The molecule has 0 aromatic rings. The first-order valence-corrected chi connectivity index (χ1v) is 8.12. The molecule has 2 aliphatic carbocycles. The lowest BCUT2D eigenvalue weighted by Crippen LogP contribution is -2.48. The highest BCUT2D eigenvalue weighted by Gasteiger charge is 2.39. The molecule has 1 saturated heterocycles. The smallest absolute Gasteiger partial charge is 0.315 e. The summed E-state index contributed by atoms with van der Waals surface area (Å²) in [4.78, 5) is 14.6. The Kier molecular flexibility index (Phi) is 4.17. The van der Waals surface area contributed by atoms with Crippen LogP contribution in [0.2, 0.25) is 0 Å². The molecule has 1 heterocycles. The van der Waals surface area contributed by atoms with Crippen molar-refractivity contribution in [3.63, 3.8) is 0 Å². The van der Waals surface area contributed by atoms with E-state index in [9.17, 15) is 9.90 Å². The third-order valence-electron chi connectivity index (χ3n) is 5.01. The van der Waals surface area contributed by atoms with Crippen molar-refractivity contribution in [2.45, 2.75) is 82.1 Å². The third-order valence-corrected chi connectivity index (χ3v) is 5.01. The predicted octanol–water partition coefficient (Wildman–Crippen LogP) is 1.21. The van der Waals surface area contributed by atoms with Crippen molar-refractivity contribution in [2.75, 3.05) is 6.54 Å². The first kappa shape index (κ1) is 14.1. The molecule has 3 fully saturated rings. The van der Waals surface area contributed by atoms with Crippen molar-refractivity contribution in [1.29, 1.82) is 0 Å². The number of nitrogens with one attached hydrogen (secondary N) is 2. The summed E-state index contributed by atoms with van der Waals surface area (Å²) in [7, 11) is 0. The highest BCUT2D eigenvalue weighted by atomic mass is 16.3. The van der Waals surface area contributed by atoms with E-state index in [2.05, 4.69) is 22.5 Å². The minimum atomic E-state index is -0.168. The molecule has 0 aromatic heterocycles. The Morgan fingerprint density at radius 1 is 1.05 bits per heavy atom. The maximum absolute atomic E-state index is 12.0. The molecule has 0 radical (unpaired) electrons. The zero-order valence-electron chi connectivity index (χ0n) is 12.3. The standard InChI is InChI=1S/C15H27N3O2/c1-10-8-12(9-18(10)13-4-5-13)17-15(20)16-11-2-6-14(19)7-3-11/h10-14,19H,2-9H2,1H3,(H2,16,17,20). The van der Waals surface area contributed by atoms with Gasteiger partial charge < -0.3 is 15.7 Å². The Balaban J connectivity index is 1.40. The Labute approximate surface area is 121 Å². The van der Waals surface area contributed by atoms with Gasteiger partial charge in [-0.1, -0.05) is 0 Å². The SMILES string of the molecule is CC1CC(NC(=O)NC2CCC(O)CC2)CN1C1CC1. The number of hydrogen-bond donors (Lipinski definition) is 3. The largest absolute Gasteiger partial charge is 0.393 e. The van der Waals surface area contributed by atoms with Gasteiger partial charge in [0.05, 0.1) is 6.10 Å². The summed E-state index contributed by atoms with van der Waals surface area (Å²) >= 11 is 0. The minimum Gasteiger partial charge on any atom is -0.393 e. The molecule has 5 nitrogen and oxygen atoms in total. The number of likely N-dealkylation sites (tertiary alicyclic amines) is 1. The van der Waals surface area contributed by atoms with Crippen LogP contribution < -0.4 is 10.6 Å². The summed E-state index contributed by atoms with van der Waals surface area (Å²) in [6.45, 7) is 3.27. The van der Waals surface area contributed by atoms with Crippen molar-refractivity contribution in [3.8, 4) is 0 Å². The summed E-state index contributed by atoms with van der Waals surface area (Å²) in [5.41, 5.74) is 0. The molecule has 2 amide bonds. The number of rotatable bonds is 3. The number of aliphatic hydroxyl groups is 1. The molecule has 114 valence electrons. The van der Waals surface area contributed by atoms with Gasteiger partial charge in [0.2, 0.25) is 0 Å². The number of amides is 2. The molecule has 0 bridgehead atoms. The van der Waals surface area contributed by atoms with E-state index in [0.29, 0.717) is 12.1 Å². The van der Waals surface area contributed by atoms with Gasteiger partial charge in [-0.2, -0.15) is 0 Å². The van der Waals surface area contributed by atoms with E-state index in [0.717, 1.165) is 44.7 Å². The highest BCUT2D eigenvalue weighted by molar-refractivity contribution is 5.74. The quantitative estimate of drug-likeness (QED) is 0.728. The van der Waals surface area contributed by atoms with Gasteiger partial charge in [0.25, 0.3) is 0 Å². The van der Waals surface area contributed by atoms with Gasteiger partial charge in [-0.25, -0.2) is 4.79 Å². The molecular formula is C15H27N3O2. The first-order chi connectivity index (χ1) is 9.61. The molecule has 1 aliphatic heterocycles. The molecule has 0 aromatic carbocycles. The Morgan fingerprint density at radius 2 is 1.70 bits per heavy atom. The summed E-state index contributed by atoms with van der Waals surface area (Å²) in [5.74, 6) is 0. The molecule has 20 heavy (non-hydrogen) atoms. The molecule has 2 unspecified atom stereocenters. The third kappa shape index (κ3) is 3.44. The van der Waals surface area contributed by atoms with Crippen molar-refractivity contribution >= 4 is 6.03 Å². The zero-order valence-corrected chi connectivity index (χ0v) is 12.3. The normalized spacial score (nSPS) is 38.7. The van der Waals surface area contributed by atoms with Crippen LogP contribution >= 0.6 is 0 Å². The van der Waals surface area contributed by atoms with Crippen LogP contribution in [-0.4, -0.2) is 52.9 Å². The maximum atomic E-state index is 12.0. The Bertz CT molecular complexity index is 351. The van der Waals surface area contributed by atoms with E-state index < -0.39 is 0 Å². The van der Waals surface area contributed by atoms with Gasteiger partial charge in [0.1, 0.15) is 0 Å². The zero-order chi connectivity index (χ0) is 14.1. The number of urea groups is 1. The molecule has 3 aliphatic rings. The highest BCUT2D eigenvalue weighted by Crippen LogP contribution is 2.33. The maximum Gasteiger partial charge on any atom is 0.315 e. The summed E-state index contributed by atoms with van der Waals surface area (Å²) < 4.78 is 0. The first-order valence-electron chi connectivity index (χ1n) is 8.12. The summed E-state index contributed by atoms with van der Waals surface area (Å²) in [6, 6.07) is 1.87. The fraction of sp³-hybridized carbons (Fsp3) is 0.933. The topological polar surface area (TPSA) is 64.6 Å². The van der Waals surface area contributed by atoms with Gasteiger partial charge in [0, 0.05) is 30.7 Å². The molecule has 0 spiro atoms. The van der Waals surface area contributed by atoms with Gasteiger partial charge in [0.15, 0.2) is 0 Å². The van der Waals surface area contributed by atoms with Crippen molar-refractivity contribution in [2.24, 2.45) is 0 Å². The van der Waals surface area contributed by atoms with Crippen LogP contribution in [0.4, 0.5) is 4.79 Å². The lowest BCUT2D eigenvalue weighted by atomic mass is 9.93. The lowest BCUT2D eigenvalue weighted by Gasteiger charge is -2.27. The van der Waals surface area contributed by atoms with Crippen LogP contribution in [0, 0.1) is 0 Å². The van der Waals surface area contributed by atoms with E-state index in [1.165, 1.54) is 12.8 Å². The fourth-order valence-electron chi connectivity index (χ4n) is 3.71. The van der Waals surface area contributed by atoms with Crippen LogP contribution in [0.5, 0.6) is 0 Å². The van der Waals surface area contributed by atoms with Crippen LogP contribution in [0.25, 0.3) is 0 Å². The fourth-order valence-corrected chi connectivity index (χ4v) is 3.71. The van der Waals surface area contributed by atoms with Crippen LogP contribution in [0.1, 0.15) is 51.9 Å². The number of aliphatic hydroxyl groups excluding tert-OH is 1. The van der Waals surface area contributed by atoms with E-state index >= 15 is 0 Å². The van der Waals surface area contributed by atoms with E-state index in [1.54, 1.807) is 0 Å². The Morgan fingerprint density at radius 3 is 2.35 bits per heavy atom. The molecule has 2 atom stereocenters. The predicted molar refractivity (Wildman–Crippen MR) is 77.5 cm³/mol. The summed E-state index contributed by atoms with van der Waals surface area (Å²) in [5, 5.41) is 15.7. The van der Waals surface area contributed by atoms with Gasteiger partial charge >= 0.3 is 6.03 Å². The van der Waals surface area contributed by atoms with Crippen LogP contribution in [0.15, 0.2) is 0 Å². The van der Waals surface area contributed by atoms with E-state index in [1.807, 2.05) is 0 Å². The van der Waals surface area contributed by atoms with Crippen molar-refractivity contribution in [3.05, 3.63) is 0 Å². The minimum absolute atomic E-state index is 0.0266. The average Bonchev–Trinajstić information content (AvgIpc) is 3.17. The molecule has 5 heteroatoms. The Hall–Kier alpha value is -0.810. The van der Waals surface area contributed by atoms with E-state index in [-0.39, 0.29) is 18.2 Å². The van der Waals surface area contributed by atoms with Crippen molar-refractivity contribution < 1.29 is 9.90 Å². The van der Waals surface area contributed by atoms with Crippen LogP contribution in [-0.2, 0) is 0 Å². The molecular weight excluding hydrogens is 254 g/mol. The van der Waals surface area contributed by atoms with E-state index in [4.69, 9.17) is 0 Å². The van der Waals surface area contributed by atoms with Gasteiger partial charge in [-0.15, -0.1) is 0 Å². The number of carbonyl (C=O) groups excluding carboxylic acids is 1. The molecule has 2 saturated carbocycles. The second-order valence-corrected chi connectivity index (χ2v) is 6.83. The summed E-state index contributed by atoms with van der Waals surface area (Å²) in [6.07, 6.45) is 6.95. The number of nitrogens with zero attached hydrogens (tertiary/aromatic N) is 1. The van der Waals surface area contributed by atoms with Crippen molar-refractivity contribution in [1.82, 2.24) is 15.5 Å². The van der Waals surface area contributed by atoms with Gasteiger partial charge in [-0.05, 0) is 51.9 Å². The molecule has 3 rings (SSSR count). The molecule has 3 N–H and O–H groups in total. The lowest BCUT2D eigenvalue weighted by molar-refractivity contribution is 0.117. The monoisotopic (exact) mass is 281 g/mol. The van der Waals surface area contributed by atoms with Crippen LogP contribution in [0.3, 0.4) is 0 Å². The second kappa shape index (κ2) is 5.90. The second-order valence-electron chi connectivity index (χ2n) is 6.83.